The van der Waals surface area contributed by atoms with Gasteiger partial charge in [-0.2, -0.15) is 0 Å². The molecule has 0 aromatic carbocycles. The number of carbonyl (C=O) groups is 1. The van der Waals surface area contributed by atoms with Gasteiger partial charge in [-0.05, 0) is 18.4 Å². The summed E-state index contributed by atoms with van der Waals surface area (Å²) >= 11 is 3.29. The molecule has 0 aliphatic rings. The Hall–Kier alpha value is -0.520. The summed E-state index contributed by atoms with van der Waals surface area (Å²) in [4.78, 5) is 12.5. The molecule has 1 aromatic heterocycles. The molecule has 2 N–H and O–H groups in total. The van der Waals surface area contributed by atoms with Crippen molar-refractivity contribution in [3.63, 3.8) is 0 Å². The van der Waals surface area contributed by atoms with Gasteiger partial charge in [0.05, 0.1) is 11.9 Å². The summed E-state index contributed by atoms with van der Waals surface area (Å²) in [5.74, 6) is 1.31. The summed E-state index contributed by atoms with van der Waals surface area (Å²) in [5, 5.41) is 13.6. The van der Waals surface area contributed by atoms with E-state index in [0.717, 1.165) is 5.75 Å². The molecule has 1 aromatic rings. The standard InChI is InChI=1S/C10H15NO2S2/c1-8(12)5-11-10(13)7-14-6-9-3-2-4-15-9/h2-4,8,12H,5-7H2,1H3,(H,11,13)/t8-/m1/s1. The molecule has 1 atom stereocenters. The van der Waals surface area contributed by atoms with Crippen LogP contribution in [0.5, 0.6) is 0 Å². The van der Waals surface area contributed by atoms with Crippen LogP contribution in [-0.2, 0) is 10.5 Å². The minimum absolute atomic E-state index is 0.0162. The highest BCUT2D eigenvalue weighted by Gasteiger charge is 2.03. The van der Waals surface area contributed by atoms with E-state index in [1.54, 1.807) is 30.0 Å². The molecule has 0 radical (unpaired) electrons. The number of aliphatic hydroxyl groups is 1. The lowest BCUT2D eigenvalue weighted by Gasteiger charge is -2.06. The van der Waals surface area contributed by atoms with E-state index in [1.165, 1.54) is 4.88 Å². The molecule has 0 unspecified atom stereocenters. The van der Waals surface area contributed by atoms with E-state index in [2.05, 4.69) is 11.4 Å². The SMILES string of the molecule is C[C@@H](O)CNC(=O)CSCc1cccs1. The maximum absolute atomic E-state index is 11.2. The average Bonchev–Trinajstić information content (AvgIpc) is 2.67. The van der Waals surface area contributed by atoms with Gasteiger partial charge in [-0.25, -0.2) is 0 Å². The molecular weight excluding hydrogens is 230 g/mol. The third kappa shape index (κ3) is 5.81. The van der Waals surface area contributed by atoms with Crippen LogP contribution in [0.15, 0.2) is 17.5 Å². The summed E-state index contributed by atoms with van der Waals surface area (Å²) in [7, 11) is 0. The lowest BCUT2D eigenvalue weighted by Crippen LogP contribution is -2.31. The summed E-state index contributed by atoms with van der Waals surface area (Å²) in [6.07, 6.45) is -0.476. The van der Waals surface area contributed by atoms with Crippen molar-refractivity contribution in [2.75, 3.05) is 12.3 Å². The van der Waals surface area contributed by atoms with Crippen LogP contribution in [-0.4, -0.2) is 29.4 Å². The number of thiophene rings is 1. The Bertz CT molecular complexity index is 286. The number of nitrogens with one attached hydrogen (secondary N) is 1. The number of thioether (sulfide) groups is 1. The highest BCUT2D eigenvalue weighted by Crippen LogP contribution is 2.16. The largest absolute Gasteiger partial charge is 0.392 e. The molecular formula is C10H15NO2S2. The van der Waals surface area contributed by atoms with Crippen molar-refractivity contribution in [1.29, 1.82) is 0 Å². The second-order valence-electron chi connectivity index (χ2n) is 3.23. The molecule has 84 valence electrons. The van der Waals surface area contributed by atoms with Crippen molar-refractivity contribution in [2.45, 2.75) is 18.8 Å². The van der Waals surface area contributed by atoms with Gasteiger partial charge in [0.25, 0.3) is 0 Å². The minimum Gasteiger partial charge on any atom is -0.392 e. The van der Waals surface area contributed by atoms with Gasteiger partial charge in [0.1, 0.15) is 0 Å². The topological polar surface area (TPSA) is 49.3 Å². The zero-order valence-corrected chi connectivity index (χ0v) is 10.2. The Balaban J connectivity index is 2.07. The molecule has 0 spiro atoms. The molecule has 1 rings (SSSR count). The number of hydrogen-bond donors (Lipinski definition) is 2. The first-order valence-electron chi connectivity index (χ1n) is 4.73. The van der Waals surface area contributed by atoms with E-state index in [4.69, 9.17) is 5.11 Å². The minimum atomic E-state index is -0.476. The third-order valence-electron chi connectivity index (χ3n) is 1.65. The predicted octanol–water partition coefficient (Wildman–Crippen LogP) is 1.48. The maximum atomic E-state index is 11.2. The number of amides is 1. The molecule has 0 saturated heterocycles. The molecule has 0 aliphatic heterocycles. The predicted molar refractivity (Wildman–Crippen MR) is 65.2 cm³/mol. The molecule has 1 heterocycles. The van der Waals surface area contributed by atoms with Crippen LogP contribution >= 0.6 is 23.1 Å². The van der Waals surface area contributed by atoms with Gasteiger partial charge < -0.3 is 10.4 Å². The first-order chi connectivity index (χ1) is 7.18. The van der Waals surface area contributed by atoms with Crippen LogP contribution in [0, 0.1) is 0 Å². The molecule has 5 heteroatoms. The zero-order valence-electron chi connectivity index (χ0n) is 8.60. The van der Waals surface area contributed by atoms with Crippen molar-refractivity contribution in [3.8, 4) is 0 Å². The second-order valence-corrected chi connectivity index (χ2v) is 5.24. The lowest BCUT2D eigenvalue weighted by molar-refractivity contribution is -0.118. The average molecular weight is 245 g/mol. The van der Waals surface area contributed by atoms with Crippen LogP contribution in [0.3, 0.4) is 0 Å². The van der Waals surface area contributed by atoms with Gasteiger partial charge >= 0.3 is 0 Å². The van der Waals surface area contributed by atoms with Gasteiger partial charge in [0.2, 0.25) is 5.91 Å². The van der Waals surface area contributed by atoms with Crippen molar-refractivity contribution < 1.29 is 9.90 Å². The van der Waals surface area contributed by atoms with Crippen molar-refractivity contribution in [2.24, 2.45) is 0 Å². The van der Waals surface area contributed by atoms with E-state index in [1.807, 2.05) is 11.4 Å². The Labute approximate surface area is 97.9 Å². The van der Waals surface area contributed by atoms with Gasteiger partial charge in [-0.15, -0.1) is 23.1 Å². The Morgan fingerprint density at radius 2 is 2.53 bits per heavy atom. The van der Waals surface area contributed by atoms with Crippen molar-refractivity contribution in [1.82, 2.24) is 5.32 Å². The number of aliphatic hydroxyl groups excluding tert-OH is 1. The highest BCUT2D eigenvalue weighted by molar-refractivity contribution is 7.99. The van der Waals surface area contributed by atoms with E-state index >= 15 is 0 Å². The fourth-order valence-electron chi connectivity index (χ4n) is 0.952. The van der Waals surface area contributed by atoms with E-state index < -0.39 is 6.10 Å². The Morgan fingerprint density at radius 3 is 3.13 bits per heavy atom. The first kappa shape index (κ1) is 12.5. The van der Waals surface area contributed by atoms with Gasteiger partial charge in [-0.1, -0.05) is 6.07 Å². The lowest BCUT2D eigenvalue weighted by atomic mass is 10.4. The zero-order chi connectivity index (χ0) is 11.1. The number of rotatable bonds is 6. The Morgan fingerprint density at radius 1 is 1.73 bits per heavy atom. The smallest absolute Gasteiger partial charge is 0.230 e. The maximum Gasteiger partial charge on any atom is 0.230 e. The molecule has 0 fully saturated rings. The quantitative estimate of drug-likeness (QED) is 0.798. The normalized spacial score (nSPS) is 12.4. The van der Waals surface area contributed by atoms with Crippen LogP contribution in [0.2, 0.25) is 0 Å². The molecule has 15 heavy (non-hydrogen) atoms. The van der Waals surface area contributed by atoms with Crippen LogP contribution in [0.25, 0.3) is 0 Å². The van der Waals surface area contributed by atoms with Gasteiger partial charge in [-0.3, -0.25) is 4.79 Å². The summed E-state index contributed by atoms with van der Waals surface area (Å²) in [6, 6.07) is 4.07. The fraction of sp³-hybridized carbons (Fsp3) is 0.500. The van der Waals surface area contributed by atoms with Gasteiger partial charge in [0, 0.05) is 17.2 Å². The Kier molecular flexibility index (Phi) is 5.75. The second kappa shape index (κ2) is 6.87. The first-order valence-corrected chi connectivity index (χ1v) is 6.77. The number of carbonyl (C=O) groups excluding carboxylic acids is 1. The molecule has 1 amide bonds. The molecule has 0 saturated carbocycles. The summed E-state index contributed by atoms with van der Waals surface area (Å²) in [5.41, 5.74) is 0. The molecule has 0 aliphatic carbocycles. The van der Waals surface area contributed by atoms with E-state index in [0.29, 0.717) is 12.3 Å². The van der Waals surface area contributed by atoms with E-state index in [9.17, 15) is 4.79 Å². The molecule has 0 bridgehead atoms. The fourth-order valence-corrected chi connectivity index (χ4v) is 2.65. The summed E-state index contributed by atoms with van der Waals surface area (Å²) in [6.45, 7) is 1.98. The van der Waals surface area contributed by atoms with Crippen molar-refractivity contribution in [3.05, 3.63) is 22.4 Å². The van der Waals surface area contributed by atoms with Gasteiger partial charge in [0.15, 0.2) is 0 Å². The highest BCUT2D eigenvalue weighted by atomic mass is 32.2. The number of hydrogen-bond acceptors (Lipinski definition) is 4. The van der Waals surface area contributed by atoms with E-state index in [-0.39, 0.29) is 5.91 Å². The van der Waals surface area contributed by atoms with Crippen LogP contribution in [0.1, 0.15) is 11.8 Å². The van der Waals surface area contributed by atoms with Crippen molar-refractivity contribution >= 4 is 29.0 Å². The third-order valence-corrected chi connectivity index (χ3v) is 3.69. The monoisotopic (exact) mass is 245 g/mol. The van der Waals surface area contributed by atoms with Crippen LogP contribution in [0.4, 0.5) is 0 Å². The molecule has 3 nitrogen and oxygen atoms in total. The summed E-state index contributed by atoms with van der Waals surface area (Å²) < 4.78 is 0. The van der Waals surface area contributed by atoms with Crippen LogP contribution < -0.4 is 5.32 Å².